The maximum Gasteiger partial charge on any atom is 0.353 e. The second kappa shape index (κ2) is 5.44. The minimum atomic E-state index is -4.02. The molecule has 0 aliphatic carbocycles. The molecule has 0 radical (unpaired) electrons. The number of aromatic carboxylic acids is 1. The van der Waals surface area contributed by atoms with Crippen molar-refractivity contribution < 1.29 is 23.1 Å². The van der Waals surface area contributed by atoms with Gasteiger partial charge in [0.05, 0.1) is 17.5 Å². The van der Waals surface area contributed by atoms with Gasteiger partial charge in [0.15, 0.2) is 0 Å². The number of benzene rings is 2. The summed E-state index contributed by atoms with van der Waals surface area (Å²) in [5.74, 6) is -0.802. The van der Waals surface area contributed by atoms with Crippen molar-refractivity contribution in [3.8, 4) is 5.75 Å². The van der Waals surface area contributed by atoms with E-state index >= 15 is 0 Å². The minimum Gasteiger partial charge on any atom is -0.497 e. The van der Waals surface area contributed by atoms with Crippen LogP contribution in [0.1, 0.15) is 10.5 Å². The average Bonchev–Trinajstić information content (AvgIpc) is 2.95. The highest BCUT2D eigenvalue weighted by molar-refractivity contribution is 7.90. The number of carboxylic acids is 1. The predicted molar refractivity (Wildman–Crippen MR) is 84.5 cm³/mol. The first kappa shape index (κ1) is 15.1. The Balaban J connectivity index is 2.36. The van der Waals surface area contributed by atoms with Gasteiger partial charge in [0, 0.05) is 5.39 Å². The van der Waals surface area contributed by atoms with Crippen LogP contribution in [0.15, 0.2) is 59.5 Å². The number of methoxy groups -OCH3 is 1. The number of rotatable bonds is 4. The third kappa shape index (κ3) is 2.44. The van der Waals surface area contributed by atoms with Crippen molar-refractivity contribution in [2.24, 2.45) is 0 Å². The van der Waals surface area contributed by atoms with Gasteiger partial charge in [-0.3, -0.25) is 0 Å². The molecular formula is C16H13NO5S. The summed E-state index contributed by atoms with van der Waals surface area (Å²) in [5.41, 5.74) is -0.0378. The van der Waals surface area contributed by atoms with Crippen molar-refractivity contribution in [3.05, 3.63) is 60.3 Å². The highest BCUT2D eigenvalue weighted by atomic mass is 32.2. The Kier molecular flexibility index (Phi) is 3.57. The summed E-state index contributed by atoms with van der Waals surface area (Å²) in [4.78, 5) is 11.5. The Labute approximate surface area is 132 Å². The first-order valence-corrected chi connectivity index (χ1v) is 8.12. The van der Waals surface area contributed by atoms with Crippen LogP contribution in [-0.4, -0.2) is 30.6 Å². The third-order valence-electron chi connectivity index (χ3n) is 3.47. The number of carboxylic acid groups (broad SMARTS) is 1. The smallest absolute Gasteiger partial charge is 0.353 e. The van der Waals surface area contributed by atoms with Crippen LogP contribution in [0.3, 0.4) is 0 Å². The zero-order valence-corrected chi connectivity index (χ0v) is 12.9. The molecule has 3 rings (SSSR count). The van der Waals surface area contributed by atoms with Gasteiger partial charge in [0.2, 0.25) is 0 Å². The van der Waals surface area contributed by atoms with Crippen LogP contribution in [0.5, 0.6) is 5.75 Å². The molecule has 0 amide bonds. The van der Waals surface area contributed by atoms with Crippen LogP contribution in [-0.2, 0) is 10.0 Å². The number of carbonyl (C=O) groups is 1. The van der Waals surface area contributed by atoms with Crippen LogP contribution < -0.4 is 4.74 Å². The van der Waals surface area contributed by atoms with E-state index in [-0.39, 0.29) is 16.1 Å². The predicted octanol–water partition coefficient (Wildman–Crippen LogP) is 2.59. The van der Waals surface area contributed by atoms with E-state index in [1.54, 1.807) is 30.3 Å². The van der Waals surface area contributed by atoms with Crippen molar-refractivity contribution in [2.45, 2.75) is 4.90 Å². The van der Waals surface area contributed by atoms with E-state index in [2.05, 4.69) is 0 Å². The molecule has 0 fully saturated rings. The molecule has 0 saturated heterocycles. The molecule has 1 aromatic heterocycles. The lowest BCUT2D eigenvalue weighted by Gasteiger charge is -2.10. The first-order valence-electron chi connectivity index (χ1n) is 6.68. The Morgan fingerprint density at radius 1 is 1.09 bits per heavy atom. The Bertz CT molecular complexity index is 990. The molecule has 118 valence electrons. The van der Waals surface area contributed by atoms with Crippen molar-refractivity contribution in [1.29, 1.82) is 0 Å². The monoisotopic (exact) mass is 331 g/mol. The van der Waals surface area contributed by atoms with Crippen LogP contribution in [0.4, 0.5) is 0 Å². The van der Waals surface area contributed by atoms with Crippen molar-refractivity contribution in [2.75, 3.05) is 7.11 Å². The fourth-order valence-electron chi connectivity index (χ4n) is 2.40. The molecule has 0 aliphatic rings. The molecular weight excluding hydrogens is 318 g/mol. The summed E-state index contributed by atoms with van der Waals surface area (Å²) in [5, 5.41) is 9.86. The summed E-state index contributed by atoms with van der Waals surface area (Å²) >= 11 is 0. The van der Waals surface area contributed by atoms with Gasteiger partial charge in [0.1, 0.15) is 11.4 Å². The van der Waals surface area contributed by atoms with E-state index in [0.717, 1.165) is 3.97 Å². The molecule has 0 saturated carbocycles. The van der Waals surface area contributed by atoms with E-state index in [1.165, 1.54) is 31.4 Å². The number of ether oxygens (including phenoxy) is 1. The quantitative estimate of drug-likeness (QED) is 0.794. The second-order valence-electron chi connectivity index (χ2n) is 4.84. The third-order valence-corrected chi connectivity index (χ3v) is 5.21. The minimum absolute atomic E-state index is 0.0239. The van der Waals surface area contributed by atoms with Crippen LogP contribution in [0, 0.1) is 0 Å². The van der Waals surface area contributed by atoms with Gasteiger partial charge in [-0.25, -0.2) is 17.2 Å². The Morgan fingerprint density at radius 3 is 2.39 bits per heavy atom. The van der Waals surface area contributed by atoms with Crippen molar-refractivity contribution in [1.82, 2.24) is 3.97 Å². The molecule has 0 aliphatic heterocycles. The summed E-state index contributed by atoms with van der Waals surface area (Å²) in [7, 11) is -2.54. The normalized spacial score (nSPS) is 11.5. The summed E-state index contributed by atoms with van der Waals surface area (Å²) in [6.45, 7) is 0. The maximum atomic E-state index is 12.9. The van der Waals surface area contributed by atoms with Gasteiger partial charge in [-0.05, 0) is 36.4 Å². The lowest BCUT2D eigenvalue weighted by atomic mass is 10.2. The fourth-order valence-corrected chi connectivity index (χ4v) is 3.93. The number of nitrogens with zero attached hydrogens (tertiary/aromatic N) is 1. The summed E-state index contributed by atoms with van der Waals surface area (Å²) in [6, 6.07) is 13.7. The highest BCUT2D eigenvalue weighted by Crippen LogP contribution is 2.28. The SMILES string of the molecule is COc1ccc2c(c1)cc(C(=O)O)n2S(=O)(=O)c1ccccc1. The van der Waals surface area contributed by atoms with E-state index in [9.17, 15) is 18.3 Å². The standard InChI is InChI=1S/C16H13NO5S/c1-22-12-7-8-14-11(9-12)10-15(16(18)19)17(14)23(20,21)13-5-3-2-4-6-13/h2-10H,1H3,(H,18,19). The van der Waals surface area contributed by atoms with Gasteiger partial charge in [-0.1, -0.05) is 18.2 Å². The van der Waals surface area contributed by atoms with Crippen molar-refractivity contribution in [3.63, 3.8) is 0 Å². The fraction of sp³-hybridized carbons (Fsp3) is 0.0625. The molecule has 0 bridgehead atoms. The average molecular weight is 331 g/mol. The molecule has 23 heavy (non-hydrogen) atoms. The molecule has 1 N–H and O–H groups in total. The van der Waals surface area contributed by atoms with Gasteiger partial charge in [-0.15, -0.1) is 0 Å². The van der Waals surface area contributed by atoms with E-state index in [4.69, 9.17) is 4.74 Å². The molecule has 0 atom stereocenters. The van der Waals surface area contributed by atoms with Gasteiger partial charge in [-0.2, -0.15) is 0 Å². The Hall–Kier alpha value is -2.80. The zero-order chi connectivity index (χ0) is 16.6. The topological polar surface area (TPSA) is 85.6 Å². The van der Waals surface area contributed by atoms with Gasteiger partial charge < -0.3 is 9.84 Å². The lowest BCUT2D eigenvalue weighted by molar-refractivity contribution is 0.0689. The first-order chi connectivity index (χ1) is 10.9. The van der Waals surface area contributed by atoms with E-state index in [1.807, 2.05) is 0 Å². The van der Waals surface area contributed by atoms with Gasteiger partial charge >= 0.3 is 5.97 Å². The van der Waals surface area contributed by atoms with E-state index < -0.39 is 16.0 Å². The number of aromatic nitrogens is 1. The zero-order valence-electron chi connectivity index (χ0n) is 12.1. The molecule has 6 nitrogen and oxygen atoms in total. The molecule has 0 unspecified atom stereocenters. The largest absolute Gasteiger partial charge is 0.497 e. The Morgan fingerprint density at radius 2 is 1.78 bits per heavy atom. The van der Waals surface area contributed by atoms with Crippen LogP contribution >= 0.6 is 0 Å². The number of hydrogen-bond donors (Lipinski definition) is 1. The van der Waals surface area contributed by atoms with Crippen molar-refractivity contribution >= 4 is 26.9 Å². The van der Waals surface area contributed by atoms with Crippen LogP contribution in [0.2, 0.25) is 0 Å². The number of hydrogen-bond acceptors (Lipinski definition) is 4. The summed E-state index contributed by atoms with van der Waals surface area (Å²) in [6.07, 6.45) is 0. The second-order valence-corrected chi connectivity index (χ2v) is 6.63. The van der Waals surface area contributed by atoms with Crippen LogP contribution in [0.25, 0.3) is 10.9 Å². The highest BCUT2D eigenvalue weighted by Gasteiger charge is 2.26. The molecule has 7 heteroatoms. The maximum absolute atomic E-state index is 12.9. The number of fused-ring (bicyclic) bond motifs is 1. The van der Waals surface area contributed by atoms with Gasteiger partial charge in [0.25, 0.3) is 10.0 Å². The lowest BCUT2D eigenvalue weighted by Crippen LogP contribution is -2.18. The summed E-state index contributed by atoms with van der Waals surface area (Å²) < 4.78 is 31.7. The molecule has 1 heterocycles. The molecule has 0 spiro atoms. The molecule has 3 aromatic rings. The van der Waals surface area contributed by atoms with E-state index in [0.29, 0.717) is 11.1 Å². The molecule has 2 aromatic carbocycles.